The molecule has 0 radical (unpaired) electrons. The van der Waals surface area contributed by atoms with Crippen molar-refractivity contribution in [2.45, 2.75) is 6.54 Å². The van der Waals surface area contributed by atoms with E-state index in [0.717, 1.165) is 11.6 Å². The molecule has 0 bridgehead atoms. The SMILES string of the molecule is C=CCOc1ccccc1CNc1c(F)cc(F)cc1Br. The molecule has 0 aliphatic carbocycles. The summed E-state index contributed by atoms with van der Waals surface area (Å²) in [7, 11) is 0. The lowest BCUT2D eigenvalue weighted by Gasteiger charge is -2.13. The second kappa shape index (κ2) is 7.22. The molecule has 0 heterocycles. The zero-order valence-corrected chi connectivity index (χ0v) is 12.8. The molecular weight excluding hydrogens is 340 g/mol. The predicted octanol–water partition coefficient (Wildman–Crippen LogP) is 4.90. The molecule has 0 aliphatic rings. The molecule has 2 nitrogen and oxygen atoms in total. The first-order chi connectivity index (χ1) is 10.1. The molecule has 0 aliphatic heterocycles. The van der Waals surface area contributed by atoms with E-state index in [1.165, 1.54) is 6.07 Å². The lowest BCUT2D eigenvalue weighted by atomic mass is 10.2. The Morgan fingerprint density at radius 3 is 2.71 bits per heavy atom. The van der Waals surface area contributed by atoms with Gasteiger partial charge in [0.25, 0.3) is 0 Å². The van der Waals surface area contributed by atoms with Crippen molar-refractivity contribution in [2.24, 2.45) is 0 Å². The molecule has 2 aromatic carbocycles. The first kappa shape index (κ1) is 15.5. The zero-order valence-electron chi connectivity index (χ0n) is 11.2. The standard InChI is InChI=1S/C16H14BrF2NO/c1-2-7-21-15-6-4-3-5-11(15)10-20-16-13(17)8-12(18)9-14(16)19/h2-6,8-9,20H,1,7,10H2. The van der Waals surface area contributed by atoms with Gasteiger partial charge in [0.2, 0.25) is 0 Å². The van der Waals surface area contributed by atoms with Gasteiger partial charge in [-0.2, -0.15) is 0 Å². The molecule has 0 fully saturated rings. The summed E-state index contributed by atoms with van der Waals surface area (Å²) in [6.07, 6.45) is 1.65. The number of benzene rings is 2. The monoisotopic (exact) mass is 353 g/mol. The zero-order chi connectivity index (χ0) is 15.2. The van der Waals surface area contributed by atoms with Crippen LogP contribution in [-0.4, -0.2) is 6.61 Å². The van der Waals surface area contributed by atoms with Gasteiger partial charge < -0.3 is 10.1 Å². The van der Waals surface area contributed by atoms with Crippen molar-refractivity contribution in [3.05, 3.63) is 70.7 Å². The van der Waals surface area contributed by atoms with Crippen LogP contribution in [0.1, 0.15) is 5.56 Å². The molecule has 0 amide bonds. The molecule has 0 saturated carbocycles. The van der Waals surface area contributed by atoms with E-state index in [-0.39, 0.29) is 5.69 Å². The van der Waals surface area contributed by atoms with Crippen molar-refractivity contribution in [3.8, 4) is 5.75 Å². The average molecular weight is 354 g/mol. The van der Waals surface area contributed by atoms with E-state index in [4.69, 9.17) is 4.74 Å². The smallest absolute Gasteiger partial charge is 0.150 e. The molecule has 21 heavy (non-hydrogen) atoms. The number of nitrogens with one attached hydrogen (secondary N) is 1. The van der Waals surface area contributed by atoms with Gasteiger partial charge in [0.1, 0.15) is 24.0 Å². The van der Waals surface area contributed by atoms with Crippen molar-refractivity contribution in [1.82, 2.24) is 0 Å². The van der Waals surface area contributed by atoms with Crippen LogP contribution >= 0.6 is 15.9 Å². The summed E-state index contributed by atoms with van der Waals surface area (Å²) in [5.41, 5.74) is 1.09. The van der Waals surface area contributed by atoms with Gasteiger partial charge >= 0.3 is 0 Å². The summed E-state index contributed by atoms with van der Waals surface area (Å²) in [6.45, 7) is 4.35. The van der Waals surface area contributed by atoms with Gasteiger partial charge in [-0.15, -0.1) is 0 Å². The molecule has 0 spiro atoms. The minimum atomic E-state index is -0.647. The number of ether oxygens (including phenoxy) is 1. The fourth-order valence-electron chi connectivity index (χ4n) is 1.83. The van der Waals surface area contributed by atoms with Gasteiger partial charge in [0, 0.05) is 22.6 Å². The van der Waals surface area contributed by atoms with Crippen LogP contribution in [0.15, 0.2) is 53.5 Å². The van der Waals surface area contributed by atoms with E-state index in [1.54, 1.807) is 6.08 Å². The largest absolute Gasteiger partial charge is 0.489 e. The van der Waals surface area contributed by atoms with Crippen LogP contribution in [0.5, 0.6) is 5.75 Å². The maximum Gasteiger partial charge on any atom is 0.150 e. The van der Waals surface area contributed by atoms with E-state index in [2.05, 4.69) is 27.8 Å². The van der Waals surface area contributed by atoms with Gasteiger partial charge in [0.15, 0.2) is 0 Å². The molecule has 0 saturated heterocycles. The van der Waals surface area contributed by atoms with Crippen molar-refractivity contribution < 1.29 is 13.5 Å². The third kappa shape index (κ3) is 4.04. The third-order valence-corrected chi connectivity index (χ3v) is 3.42. The van der Waals surface area contributed by atoms with Gasteiger partial charge in [0.05, 0.1) is 5.69 Å². The first-order valence-corrected chi connectivity index (χ1v) is 7.11. The Morgan fingerprint density at radius 2 is 2.00 bits per heavy atom. The normalized spacial score (nSPS) is 10.2. The molecule has 0 aromatic heterocycles. The van der Waals surface area contributed by atoms with Crippen LogP contribution in [0.3, 0.4) is 0 Å². The number of hydrogen-bond acceptors (Lipinski definition) is 2. The Morgan fingerprint density at radius 1 is 1.24 bits per heavy atom. The highest BCUT2D eigenvalue weighted by Crippen LogP contribution is 2.28. The van der Waals surface area contributed by atoms with E-state index in [1.807, 2.05) is 24.3 Å². The topological polar surface area (TPSA) is 21.3 Å². The van der Waals surface area contributed by atoms with Gasteiger partial charge in [-0.05, 0) is 28.1 Å². The molecule has 2 rings (SSSR count). The van der Waals surface area contributed by atoms with E-state index in [9.17, 15) is 8.78 Å². The Bertz CT molecular complexity index is 623. The lowest BCUT2D eigenvalue weighted by molar-refractivity contribution is 0.359. The lowest BCUT2D eigenvalue weighted by Crippen LogP contribution is -2.05. The summed E-state index contributed by atoms with van der Waals surface area (Å²) in [5.74, 6) is -0.574. The number of para-hydroxylation sites is 1. The summed E-state index contributed by atoms with van der Waals surface area (Å²) < 4.78 is 32.7. The van der Waals surface area contributed by atoms with Gasteiger partial charge in [-0.25, -0.2) is 8.78 Å². The Balaban J connectivity index is 2.15. The predicted molar refractivity (Wildman–Crippen MR) is 83.5 cm³/mol. The summed E-state index contributed by atoms with van der Waals surface area (Å²) >= 11 is 3.14. The molecule has 2 aromatic rings. The maximum atomic E-state index is 13.7. The first-order valence-electron chi connectivity index (χ1n) is 6.32. The van der Waals surface area contributed by atoms with Crippen LogP contribution < -0.4 is 10.1 Å². The fraction of sp³-hybridized carbons (Fsp3) is 0.125. The number of anilines is 1. The summed E-state index contributed by atoms with van der Waals surface area (Å²) in [4.78, 5) is 0. The minimum Gasteiger partial charge on any atom is -0.489 e. The molecule has 110 valence electrons. The third-order valence-electron chi connectivity index (χ3n) is 2.79. The van der Waals surface area contributed by atoms with E-state index >= 15 is 0 Å². The highest BCUT2D eigenvalue weighted by atomic mass is 79.9. The second-order valence-electron chi connectivity index (χ2n) is 4.31. The number of hydrogen-bond donors (Lipinski definition) is 1. The molecular formula is C16H14BrF2NO. The molecule has 0 unspecified atom stereocenters. The highest BCUT2D eigenvalue weighted by molar-refractivity contribution is 9.10. The highest BCUT2D eigenvalue weighted by Gasteiger charge is 2.10. The Hall–Kier alpha value is -1.88. The van der Waals surface area contributed by atoms with Crippen molar-refractivity contribution in [3.63, 3.8) is 0 Å². The van der Waals surface area contributed by atoms with Gasteiger partial charge in [-0.3, -0.25) is 0 Å². The number of halogens is 3. The van der Waals surface area contributed by atoms with Crippen LogP contribution in [-0.2, 0) is 6.54 Å². The van der Waals surface area contributed by atoms with Crippen LogP contribution in [0, 0.1) is 11.6 Å². The van der Waals surface area contributed by atoms with E-state index < -0.39 is 11.6 Å². The van der Waals surface area contributed by atoms with Crippen LogP contribution in [0.25, 0.3) is 0 Å². The number of rotatable bonds is 6. The average Bonchev–Trinajstić information content (AvgIpc) is 2.45. The van der Waals surface area contributed by atoms with Gasteiger partial charge in [-0.1, -0.05) is 30.9 Å². The quantitative estimate of drug-likeness (QED) is 0.745. The van der Waals surface area contributed by atoms with Crippen molar-refractivity contribution in [1.29, 1.82) is 0 Å². The second-order valence-corrected chi connectivity index (χ2v) is 5.16. The van der Waals surface area contributed by atoms with E-state index in [0.29, 0.717) is 23.4 Å². The van der Waals surface area contributed by atoms with Crippen molar-refractivity contribution in [2.75, 3.05) is 11.9 Å². The Kier molecular flexibility index (Phi) is 5.33. The van der Waals surface area contributed by atoms with Crippen LogP contribution in [0.4, 0.5) is 14.5 Å². The fourth-order valence-corrected chi connectivity index (χ4v) is 2.38. The summed E-state index contributed by atoms with van der Waals surface area (Å²) in [6, 6.07) is 9.49. The summed E-state index contributed by atoms with van der Waals surface area (Å²) in [5, 5.41) is 2.95. The Labute approximate surface area is 130 Å². The molecule has 0 atom stereocenters. The van der Waals surface area contributed by atoms with Crippen LogP contribution in [0.2, 0.25) is 0 Å². The molecule has 1 N–H and O–H groups in total. The van der Waals surface area contributed by atoms with Crippen molar-refractivity contribution >= 4 is 21.6 Å². The maximum absolute atomic E-state index is 13.7. The molecule has 5 heteroatoms. The minimum absolute atomic E-state index is 0.218.